The van der Waals surface area contributed by atoms with Crippen molar-refractivity contribution in [3.63, 3.8) is 0 Å². The van der Waals surface area contributed by atoms with E-state index in [1.807, 2.05) is 36.5 Å². The van der Waals surface area contributed by atoms with Crippen LogP contribution in [-0.2, 0) is 11.3 Å². The lowest BCUT2D eigenvalue weighted by Crippen LogP contribution is -2.40. The van der Waals surface area contributed by atoms with Crippen LogP contribution in [0.3, 0.4) is 0 Å². The predicted molar refractivity (Wildman–Crippen MR) is 133 cm³/mol. The van der Waals surface area contributed by atoms with Crippen molar-refractivity contribution in [1.29, 1.82) is 0 Å². The molecule has 0 spiro atoms. The van der Waals surface area contributed by atoms with Gasteiger partial charge in [-0.25, -0.2) is 9.38 Å². The molecule has 1 aromatic carbocycles. The molecule has 4 aliphatic rings. The summed E-state index contributed by atoms with van der Waals surface area (Å²) < 4.78 is 18.6. The normalized spacial score (nSPS) is 28.1. The number of likely N-dealkylation sites (tertiary alicyclic amines) is 1. The number of allylic oxidation sites excluding steroid dienone is 4. The molecule has 0 aromatic heterocycles. The Bertz CT molecular complexity index is 1000. The summed E-state index contributed by atoms with van der Waals surface area (Å²) in [6.45, 7) is 3.79. The zero-order chi connectivity index (χ0) is 23.5. The van der Waals surface area contributed by atoms with Crippen molar-refractivity contribution in [2.45, 2.75) is 38.3 Å². The molecule has 1 saturated heterocycles. The Morgan fingerprint density at radius 3 is 2.65 bits per heavy atom. The van der Waals surface area contributed by atoms with Crippen LogP contribution in [0.15, 0.2) is 77.6 Å². The quantitative estimate of drug-likeness (QED) is 0.593. The first-order valence-corrected chi connectivity index (χ1v) is 12.3. The van der Waals surface area contributed by atoms with Crippen LogP contribution in [0.2, 0.25) is 0 Å². The van der Waals surface area contributed by atoms with E-state index in [1.165, 1.54) is 18.2 Å². The van der Waals surface area contributed by atoms with E-state index in [-0.39, 0.29) is 0 Å². The highest BCUT2D eigenvalue weighted by Crippen LogP contribution is 2.38. The predicted octanol–water partition coefficient (Wildman–Crippen LogP) is 4.75. The summed E-state index contributed by atoms with van der Waals surface area (Å²) >= 11 is 0. The topological polar surface area (TPSA) is 48.3 Å². The number of alkyl halides is 1. The first-order chi connectivity index (χ1) is 16.6. The molecule has 6 heteroatoms. The van der Waals surface area contributed by atoms with Crippen molar-refractivity contribution < 1.29 is 14.2 Å². The van der Waals surface area contributed by atoms with Gasteiger partial charge in [0.2, 0.25) is 0 Å². The lowest BCUT2D eigenvalue weighted by Gasteiger charge is -2.38. The molecule has 1 N–H and O–H groups in total. The third-order valence-electron chi connectivity index (χ3n) is 7.55. The van der Waals surface area contributed by atoms with E-state index < -0.39 is 12.5 Å². The maximum atomic E-state index is 13.7. The number of methoxy groups -OCH3 is 1. The van der Waals surface area contributed by atoms with Crippen molar-refractivity contribution in [2.24, 2.45) is 22.7 Å². The summed E-state index contributed by atoms with van der Waals surface area (Å²) in [4.78, 5) is 9.48. The van der Waals surface area contributed by atoms with E-state index in [1.54, 1.807) is 6.08 Å². The molecule has 4 atom stereocenters. The van der Waals surface area contributed by atoms with Gasteiger partial charge >= 0.3 is 0 Å². The highest BCUT2D eigenvalue weighted by atomic mass is 19.1. The van der Waals surface area contributed by atoms with Gasteiger partial charge in [0.1, 0.15) is 12.0 Å². The van der Waals surface area contributed by atoms with Crippen molar-refractivity contribution in [2.75, 3.05) is 26.7 Å². The molecule has 0 amide bonds. The van der Waals surface area contributed by atoms with Gasteiger partial charge < -0.3 is 14.7 Å². The average Bonchev–Trinajstić information content (AvgIpc) is 3.27. The number of benzene rings is 1. The van der Waals surface area contributed by atoms with Gasteiger partial charge in [-0.05, 0) is 43.3 Å². The molecule has 0 bridgehead atoms. The SMILES string of the molecule is COC(O)c1ccc(CN2C=CC3C2=NC=CC3C2CCN(CC3=CC=CC(F)C3)CC2)cc1. The number of halogens is 1. The molecule has 34 heavy (non-hydrogen) atoms. The van der Waals surface area contributed by atoms with Crippen LogP contribution in [0.25, 0.3) is 0 Å². The van der Waals surface area contributed by atoms with Crippen molar-refractivity contribution in [3.05, 3.63) is 83.7 Å². The number of piperidine rings is 1. The maximum Gasteiger partial charge on any atom is 0.180 e. The fourth-order valence-corrected chi connectivity index (χ4v) is 5.65. The lowest BCUT2D eigenvalue weighted by atomic mass is 9.75. The number of hydrogen-bond donors (Lipinski definition) is 1. The number of aliphatic imine (C=N–C) groups is 1. The molecule has 4 unspecified atom stereocenters. The first kappa shape index (κ1) is 23.2. The summed E-state index contributed by atoms with van der Waals surface area (Å²) in [6, 6.07) is 7.89. The number of fused-ring (bicyclic) bond motifs is 1. The number of nitrogens with zero attached hydrogens (tertiary/aromatic N) is 3. The molecular formula is C28H34FN3O2. The molecule has 0 radical (unpaired) electrons. The van der Waals surface area contributed by atoms with Gasteiger partial charge in [0, 0.05) is 50.5 Å². The van der Waals surface area contributed by atoms with Gasteiger partial charge in [-0.15, -0.1) is 0 Å². The minimum Gasteiger partial charge on any atom is -0.364 e. The van der Waals surface area contributed by atoms with E-state index in [2.05, 4.69) is 34.2 Å². The lowest BCUT2D eigenvalue weighted by molar-refractivity contribution is -0.0769. The number of aliphatic hydroxyl groups is 1. The van der Waals surface area contributed by atoms with Crippen LogP contribution in [-0.4, -0.2) is 53.7 Å². The molecule has 3 heterocycles. The van der Waals surface area contributed by atoms with Gasteiger partial charge in [0.15, 0.2) is 6.29 Å². The Morgan fingerprint density at radius 2 is 1.91 bits per heavy atom. The van der Waals surface area contributed by atoms with Crippen molar-refractivity contribution in [1.82, 2.24) is 9.80 Å². The number of aliphatic hydroxyl groups excluding tert-OH is 1. The highest BCUT2D eigenvalue weighted by Gasteiger charge is 2.37. The third kappa shape index (κ3) is 5.09. The van der Waals surface area contributed by atoms with Crippen LogP contribution in [0.5, 0.6) is 0 Å². The summed E-state index contributed by atoms with van der Waals surface area (Å²) in [6.07, 6.45) is 15.5. The molecule has 0 saturated carbocycles. The summed E-state index contributed by atoms with van der Waals surface area (Å²) in [5.41, 5.74) is 3.13. The Balaban J connectivity index is 1.16. The second-order valence-electron chi connectivity index (χ2n) is 9.77. The maximum absolute atomic E-state index is 13.7. The monoisotopic (exact) mass is 463 g/mol. The first-order valence-electron chi connectivity index (χ1n) is 12.3. The molecule has 1 aliphatic carbocycles. The van der Waals surface area contributed by atoms with Gasteiger partial charge in [-0.1, -0.05) is 60.2 Å². The van der Waals surface area contributed by atoms with Crippen LogP contribution >= 0.6 is 0 Å². The second kappa shape index (κ2) is 10.4. The smallest absolute Gasteiger partial charge is 0.180 e. The third-order valence-corrected chi connectivity index (χ3v) is 7.55. The Morgan fingerprint density at radius 1 is 1.12 bits per heavy atom. The van der Waals surface area contributed by atoms with Crippen LogP contribution in [0, 0.1) is 17.8 Å². The zero-order valence-corrected chi connectivity index (χ0v) is 19.8. The minimum atomic E-state index is -0.887. The number of ether oxygens (including phenoxy) is 1. The molecule has 1 fully saturated rings. The Kier molecular flexibility index (Phi) is 7.09. The zero-order valence-electron chi connectivity index (χ0n) is 19.8. The van der Waals surface area contributed by atoms with E-state index in [0.717, 1.165) is 50.4 Å². The van der Waals surface area contributed by atoms with Crippen molar-refractivity contribution in [3.8, 4) is 0 Å². The van der Waals surface area contributed by atoms with Gasteiger partial charge in [-0.2, -0.15) is 0 Å². The molecule has 5 nitrogen and oxygen atoms in total. The van der Waals surface area contributed by atoms with Gasteiger partial charge in [0.05, 0.1) is 0 Å². The summed E-state index contributed by atoms with van der Waals surface area (Å²) in [5.74, 6) is 2.57. The largest absolute Gasteiger partial charge is 0.364 e. The molecular weight excluding hydrogens is 429 g/mol. The fourth-order valence-electron chi connectivity index (χ4n) is 5.65. The van der Waals surface area contributed by atoms with Gasteiger partial charge in [-0.3, -0.25) is 4.90 Å². The molecule has 180 valence electrons. The Hall–Kier alpha value is -2.54. The van der Waals surface area contributed by atoms with E-state index in [9.17, 15) is 9.50 Å². The molecule has 3 aliphatic heterocycles. The average molecular weight is 464 g/mol. The van der Waals surface area contributed by atoms with Gasteiger partial charge in [0.25, 0.3) is 0 Å². The number of amidine groups is 1. The highest BCUT2D eigenvalue weighted by molar-refractivity contribution is 5.91. The van der Waals surface area contributed by atoms with Crippen molar-refractivity contribution >= 4 is 5.84 Å². The van der Waals surface area contributed by atoms with Crippen LogP contribution < -0.4 is 0 Å². The Labute approximate surface area is 201 Å². The summed E-state index contributed by atoms with van der Waals surface area (Å²) in [5, 5.41) is 9.83. The van der Waals surface area contributed by atoms with E-state index in [0.29, 0.717) is 24.2 Å². The van der Waals surface area contributed by atoms with E-state index in [4.69, 9.17) is 9.73 Å². The van der Waals surface area contributed by atoms with Crippen LogP contribution in [0.4, 0.5) is 4.39 Å². The number of hydrogen-bond acceptors (Lipinski definition) is 5. The van der Waals surface area contributed by atoms with Crippen LogP contribution in [0.1, 0.15) is 36.7 Å². The standard InChI is InChI=1S/C28H34FN3O2/c1-34-28(33)23-7-5-20(6-8-23)19-32-16-12-26-25(9-13-30-27(26)32)22-10-14-31(15-11-22)18-21-3-2-4-24(29)17-21/h2-9,12-13,16,22,24-26,28,33H,10-11,14-15,17-19H2,1H3. The summed E-state index contributed by atoms with van der Waals surface area (Å²) in [7, 11) is 1.50. The molecule has 5 rings (SSSR count). The fraction of sp³-hybridized carbons (Fsp3) is 0.464. The number of rotatable bonds is 7. The van der Waals surface area contributed by atoms with E-state index >= 15 is 0 Å². The molecule has 1 aromatic rings. The second-order valence-corrected chi connectivity index (χ2v) is 9.77. The minimum absolute atomic E-state index is 0.328.